The minimum atomic E-state index is -0.540. The maximum Gasteiger partial charge on any atom is 0.289 e. The van der Waals surface area contributed by atoms with E-state index >= 15 is 0 Å². The molecular formula is C10H10ClN5O2. The molecule has 2 rings (SSSR count). The van der Waals surface area contributed by atoms with Gasteiger partial charge in [-0.05, 0) is 6.07 Å². The first-order valence-corrected chi connectivity index (χ1v) is 5.46. The molecule has 0 unspecified atom stereocenters. The molecule has 0 spiro atoms. The number of aromatic nitrogens is 3. The molecule has 2 aromatic rings. The van der Waals surface area contributed by atoms with Crippen molar-refractivity contribution >= 4 is 23.1 Å². The Hall–Kier alpha value is -2.15. The maximum atomic E-state index is 10.5. The zero-order valence-electron chi connectivity index (χ0n) is 9.50. The summed E-state index contributed by atoms with van der Waals surface area (Å²) >= 11 is 5.89. The number of hydrogen-bond donors (Lipinski definition) is 1. The Bertz CT molecular complexity index is 583. The van der Waals surface area contributed by atoms with Crippen LogP contribution >= 0.6 is 11.6 Å². The monoisotopic (exact) mass is 267 g/mol. The third kappa shape index (κ3) is 2.75. The first-order valence-electron chi connectivity index (χ1n) is 5.08. The van der Waals surface area contributed by atoms with Crippen molar-refractivity contribution in [3.63, 3.8) is 0 Å². The van der Waals surface area contributed by atoms with Crippen LogP contribution in [-0.4, -0.2) is 19.7 Å². The Labute approximate surface area is 108 Å². The molecule has 0 saturated carbocycles. The minimum absolute atomic E-state index is 0.136. The predicted molar refractivity (Wildman–Crippen MR) is 66.4 cm³/mol. The van der Waals surface area contributed by atoms with Crippen molar-refractivity contribution in [2.24, 2.45) is 7.05 Å². The number of anilines is 1. The highest BCUT2D eigenvalue weighted by Gasteiger charge is 2.10. The maximum absolute atomic E-state index is 10.5. The fourth-order valence-electron chi connectivity index (χ4n) is 1.39. The van der Waals surface area contributed by atoms with Gasteiger partial charge in [0.2, 0.25) is 0 Å². The van der Waals surface area contributed by atoms with Gasteiger partial charge in [-0.25, -0.2) is 4.98 Å². The summed E-state index contributed by atoms with van der Waals surface area (Å²) in [6, 6.07) is 3.11. The highest BCUT2D eigenvalue weighted by molar-refractivity contribution is 6.33. The zero-order chi connectivity index (χ0) is 13.1. The number of rotatable bonds is 4. The Morgan fingerprint density at radius 2 is 2.39 bits per heavy atom. The van der Waals surface area contributed by atoms with Crippen LogP contribution in [0.5, 0.6) is 0 Å². The Kier molecular flexibility index (Phi) is 3.42. The van der Waals surface area contributed by atoms with Crippen LogP contribution in [0, 0.1) is 10.1 Å². The second-order valence-electron chi connectivity index (χ2n) is 3.62. The van der Waals surface area contributed by atoms with E-state index in [1.54, 1.807) is 4.68 Å². The number of hydrogen-bond acceptors (Lipinski definition) is 5. The highest BCUT2D eigenvalue weighted by Crippen LogP contribution is 2.23. The Morgan fingerprint density at radius 1 is 1.61 bits per heavy atom. The van der Waals surface area contributed by atoms with Crippen molar-refractivity contribution in [2.75, 3.05) is 5.32 Å². The number of halogens is 1. The molecule has 94 valence electrons. The van der Waals surface area contributed by atoms with Crippen LogP contribution in [0.4, 0.5) is 11.5 Å². The van der Waals surface area contributed by atoms with Crippen LogP contribution in [0.15, 0.2) is 24.5 Å². The highest BCUT2D eigenvalue weighted by atomic mass is 35.5. The summed E-state index contributed by atoms with van der Waals surface area (Å²) in [6.07, 6.45) is 2.98. The molecular weight excluding hydrogens is 258 g/mol. The summed E-state index contributed by atoms with van der Waals surface area (Å²) in [4.78, 5) is 13.9. The van der Waals surface area contributed by atoms with Crippen LogP contribution in [0.2, 0.25) is 5.02 Å². The summed E-state index contributed by atoms with van der Waals surface area (Å²) in [5.41, 5.74) is 0.692. The van der Waals surface area contributed by atoms with Crippen molar-refractivity contribution in [1.82, 2.24) is 14.8 Å². The summed E-state index contributed by atoms with van der Waals surface area (Å²) < 4.78 is 1.68. The molecule has 2 aromatic heterocycles. The van der Waals surface area contributed by atoms with Gasteiger partial charge in [-0.3, -0.25) is 14.8 Å². The summed E-state index contributed by atoms with van der Waals surface area (Å²) in [5, 5.41) is 17.9. The quantitative estimate of drug-likeness (QED) is 0.676. The van der Waals surface area contributed by atoms with Gasteiger partial charge >= 0.3 is 0 Å². The summed E-state index contributed by atoms with van der Waals surface area (Å²) in [6.45, 7) is 0.450. The van der Waals surface area contributed by atoms with Crippen molar-refractivity contribution < 1.29 is 4.92 Å². The van der Waals surface area contributed by atoms with Gasteiger partial charge in [0, 0.05) is 19.3 Å². The van der Waals surface area contributed by atoms with E-state index < -0.39 is 4.92 Å². The van der Waals surface area contributed by atoms with Gasteiger partial charge in [0.1, 0.15) is 12.0 Å². The molecule has 0 radical (unpaired) electrons. The van der Waals surface area contributed by atoms with Gasteiger partial charge in [-0.1, -0.05) is 11.6 Å². The van der Waals surface area contributed by atoms with Crippen LogP contribution in [0.3, 0.4) is 0 Å². The van der Waals surface area contributed by atoms with E-state index in [2.05, 4.69) is 15.4 Å². The average Bonchev–Trinajstić information content (AvgIpc) is 2.73. The van der Waals surface area contributed by atoms with Crippen molar-refractivity contribution in [3.05, 3.63) is 45.4 Å². The van der Waals surface area contributed by atoms with Gasteiger partial charge in [-0.15, -0.1) is 0 Å². The molecule has 0 atom stereocenters. The second-order valence-corrected chi connectivity index (χ2v) is 4.02. The van der Waals surface area contributed by atoms with Crippen LogP contribution in [-0.2, 0) is 13.6 Å². The lowest BCUT2D eigenvalue weighted by atomic mass is 10.4. The van der Waals surface area contributed by atoms with Crippen LogP contribution in [0.25, 0.3) is 0 Å². The molecule has 0 aliphatic rings. The molecule has 18 heavy (non-hydrogen) atoms. The molecule has 0 aliphatic heterocycles. The standard InChI is InChI=1S/C10H10ClN5O2/c1-15-3-2-7(14-15)5-12-10-9(11)4-8(6-13-10)16(17)18/h2-4,6H,5H2,1H3,(H,12,13). The fourth-order valence-corrected chi connectivity index (χ4v) is 1.62. The van der Waals surface area contributed by atoms with E-state index in [0.717, 1.165) is 11.9 Å². The molecule has 0 fully saturated rings. The molecule has 2 heterocycles. The second kappa shape index (κ2) is 5.01. The predicted octanol–water partition coefficient (Wildman–Crippen LogP) is 1.99. The Morgan fingerprint density at radius 3 is 2.94 bits per heavy atom. The minimum Gasteiger partial charge on any atom is -0.363 e. The number of pyridine rings is 1. The van der Waals surface area contributed by atoms with Crippen LogP contribution in [0.1, 0.15) is 5.69 Å². The summed E-state index contributed by atoms with van der Waals surface area (Å²) in [5.74, 6) is 0.396. The number of nitrogens with one attached hydrogen (secondary N) is 1. The zero-order valence-corrected chi connectivity index (χ0v) is 10.3. The van der Waals surface area contributed by atoms with E-state index in [1.165, 1.54) is 6.07 Å². The number of nitro groups is 1. The van der Waals surface area contributed by atoms with E-state index in [9.17, 15) is 10.1 Å². The lowest BCUT2D eigenvalue weighted by molar-refractivity contribution is -0.385. The van der Waals surface area contributed by atoms with Gasteiger partial charge in [-0.2, -0.15) is 5.10 Å². The Balaban J connectivity index is 2.08. The first kappa shape index (κ1) is 12.3. The SMILES string of the molecule is Cn1ccc(CNc2ncc([N+](=O)[O-])cc2Cl)n1. The largest absolute Gasteiger partial charge is 0.363 e. The molecule has 8 heteroatoms. The smallest absolute Gasteiger partial charge is 0.289 e. The van der Waals surface area contributed by atoms with Gasteiger partial charge < -0.3 is 5.32 Å². The fraction of sp³-hybridized carbons (Fsp3) is 0.200. The molecule has 0 saturated heterocycles. The van der Waals surface area contributed by atoms with Crippen molar-refractivity contribution in [3.8, 4) is 0 Å². The van der Waals surface area contributed by atoms with E-state index in [4.69, 9.17) is 11.6 Å². The molecule has 0 bridgehead atoms. The van der Waals surface area contributed by atoms with E-state index in [1.807, 2.05) is 19.3 Å². The topological polar surface area (TPSA) is 85.9 Å². The summed E-state index contributed by atoms with van der Waals surface area (Å²) in [7, 11) is 1.82. The number of aryl methyl sites for hydroxylation is 1. The van der Waals surface area contributed by atoms with Crippen molar-refractivity contribution in [2.45, 2.75) is 6.54 Å². The van der Waals surface area contributed by atoms with Crippen LogP contribution < -0.4 is 5.32 Å². The molecule has 1 N–H and O–H groups in total. The average molecular weight is 268 g/mol. The molecule has 7 nitrogen and oxygen atoms in total. The lowest BCUT2D eigenvalue weighted by Gasteiger charge is -2.05. The molecule has 0 aromatic carbocycles. The normalized spacial score (nSPS) is 10.3. The van der Waals surface area contributed by atoms with E-state index in [-0.39, 0.29) is 10.7 Å². The third-order valence-electron chi connectivity index (χ3n) is 2.24. The van der Waals surface area contributed by atoms with E-state index in [0.29, 0.717) is 12.4 Å². The third-order valence-corrected chi connectivity index (χ3v) is 2.53. The molecule has 0 amide bonds. The van der Waals surface area contributed by atoms with Gasteiger partial charge in [0.25, 0.3) is 5.69 Å². The lowest BCUT2D eigenvalue weighted by Crippen LogP contribution is -2.03. The van der Waals surface area contributed by atoms with Gasteiger partial charge in [0.15, 0.2) is 0 Å². The first-order chi connectivity index (χ1) is 8.56. The molecule has 0 aliphatic carbocycles. The number of nitrogens with zero attached hydrogens (tertiary/aromatic N) is 4. The van der Waals surface area contributed by atoms with Crippen molar-refractivity contribution in [1.29, 1.82) is 0 Å². The van der Waals surface area contributed by atoms with Gasteiger partial charge in [0.05, 0.1) is 22.2 Å².